The van der Waals surface area contributed by atoms with E-state index in [1.54, 1.807) is 0 Å². The summed E-state index contributed by atoms with van der Waals surface area (Å²) < 4.78 is 5.44. The van der Waals surface area contributed by atoms with Gasteiger partial charge in [-0.05, 0) is 32.6 Å². The van der Waals surface area contributed by atoms with Crippen molar-refractivity contribution in [3.8, 4) is 0 Å². The number of rotatable bonds is 5. The number of carboxylic acid groups (broad SMARTS) is 1. The van der Waals surface area contributed by atoms with Gasteiger partial charge in [-0.15, -0.1) is 0 Å². The van der Waals surface area contributed by atoms with Crippen LogP contribution >= 0.6 is 0 Å². The lowest BCUT2D eigenvalue weighted by Crippen LogP contribution is -2.51. The molecule has 0 radical (unpaired) electrons. The molecule has 1 amide bonds. The average molecular weight is 267 g/mol. The van der Waals surface area contributed by atoms with Crippen molar-refractivity contribution in [2.75, 3.05) is 6.61 Å². The standard InChI is InChI=1S/C14H21NO4/c1-2-19-10-7-9(8-10)15-13(16)11-5-3-4-6-12(11)14(17)18/h3-4,9-12H,2,5-8H2,1H3,(H,15,16)(H,17,18)/t9?,10?,11-,12+/m1/s1. The minimum Gasteiger partial charge on any atom is -0.481 e. The highest BCUT2D eigenvalue weighted by molar-refractivity contribution is 5.85. The fourth-order valence-corrected chi connectivity index (χ4v) is 2.74. The zero-order chi connectivity index (χ0) is 13.8. The molecule has 2 aliphatic rings. The van der Waals surface area contributed by atoms with Crippen LogP contribution in [0.25, 0.3) is 0 Å². The maximum atomic E-state index is 12.1. The number of hydrogen-bond acceptors (Lipinski definition) is 3. The fourth-order valence-electron chi connectivity index (χ4n) is 2.74. The highest BCUT2D eigenvalue weighted by atomic mass is 16.5. The van der Waals surface area contributed by atoms with Gasteiger partial charge < -0.3 is 15.2 Å². The van der Waals surface area contributed by atoms with Gasteiger partial charge in [-0.25, -0.2) is 0 Å². The van der Waals surface area contributed by atoms with Gasteiger partial charge in [-0.3, -0.25) is 9.59 Å². The topological polar surface area (TPSA) is 75.6 Å². The van der Waals surface area contributed by atoms with Crippen LogP contribution in [0.2, 0.25) is 0 Å². The zero-order valence-corrected chi connectivity index (χ0v) is 11.2. The first-order valence-electron chi connectivity index (χ1n) is 6.91. The molecule has 0 unspecified atom stereocenters. The molecule has 1 saturated carbocycles. The fraction of sp³-hybridized carbons (Fsp3) is 0.714. The first kappa shape index (κ1) is 14.1. The van der Waals surface area contributed by atoms with Crippen molar-refractivity contribution in [2.24, 2.45) is 11.8 Å². The van der Waals surface area contributed by atoms with Gasteiger partial charge in [0, 0.05) is 12.6 Å². The molecule has 19 heavy (non-hydrogen) atoms. The zero-order valence-electron chi connectivity index (χ0n) is 11.2. The van der Waals surface area contributed by atoms with Crippen molar-refractivity contribution >= 4 is 11.9 Å². The van der Waals surface area contributed by atoms with Crippen molar-refractivity contribution < 1.29 is 19.4 Å². The Labute approximate surface area is 113 Å². The SMILES string of the molecule is CCOC1CC(NC(=O)[C@@H]2CC=CC[C@@H]2C(=O)O)C1. The third kappa shape index (κ3) is 3.35. The Bertz CT molecular complexity index is 374. The molecule has 5 nitrogen and oxygen atoms in total. The Hall–Kier alpha value is -1.36. The number of hydrogen-bond donors (Lipinski definition) is 2. The van der Waals surface area contributed by atoms with Crippen LogP contribution in [0, 0.1) is 11.8 Å². The monoisotopic (exact) mass is 267 g/mol. The summed E-state index contributed by atoms with van der Waals surface area (Å²) in [5.74, 6) is -2.04. The number of amides is 1. The Balaban J connectivity index is 1.83. The molecule has 0 aromatic rings. The van der Waals surface area contributed by atoms with Gasteiger partial charge in [0.05, 0.1) is 17.9 Å². The number of nitrogens with one attached hydrogen (secondary N) is 1. The van der Waals surface area contributed by atoms with Gasteiger partial charge in [-0.2, -0.15) is 0 Å². The van der Waals surface area contributed by atoms with E-state index in [4.69, 9.17) is 9.84 Å². The minimum atomic E-state index is -0.884. The molecule has 106 valence electrons. The van der Waals surface area contributed by atoms with Crippen molar-refractivity contribution in [2.45, 2.75) is 44.8 Å². The number of carbonyl (C=O) groups is 2. The van der Waals surface area contributed by atoms with E-state index in [0.29, 0.717) is 19.4 Å². The highest BCUT2D eigenvalue weighted by Gasteiger charge is 2.37. The van der Waals surface area contributed by atoms with Crippen molar-refractivity contribution in [1.29, 1.82) is 0 Å². The molecule has 0 bridgehead atoms. The van der Waals surface area contributed by atoms with Gasteiger partial charge in [-0.1, -0.05) is 12.2 Å². The summed E-state index contributed by atoms with van der Waals surface area (Å²) in [5.41, 5.74) is 0. The summed E-state index contributed by atoms with van der Waals surface area (Å²) in [6.07, 6.45) is 6.62. The minimum absolute atomic E-state index is 0.128. The quantitative estimate of drug-likeness (QED) is 0.737. The van der Waals surface area contributed by atoms with Crippen molar-refractivity contribution in [1.82, 2.24) is 5.32 Å². The molecule has 0 aromatic carbocycles. The lowest BCUT2D eigenvalue weighted by molar-refractivity contribution is -0.148. The predicted octanol–water partition coefficient (Wildman–Crippen LogP) is 1.34. The molecule has 0 spiro atoms. The highest BCUT2D eigenvalue weighted by Crippen LogP contribution is 2.28. The van der Waals surface area contributed by atoms with Gasteiger partial charge in [0.15, 0.2) is 0 Å². The van der Waals surface area contributed by atoms with Crippen LogP contribution in [0.4, 0.5) is 0 Å². The lowest BCUT2D eigenvalue weighted by Gasteiger charge is -2.37. The van der Waals surface area contributed by atoms with Crippen molar-refractivity contribution in [3.63, 3.8) is 0 Å². The maximum absolute atomic E-state index is 12.1. The number of ether oxygens (including phenoxy) is 1. The normalized spacial score (nSPS) is 33.5. The Morgan fingerprint density at radius 2 is 1.89 bits per heavy atom. The van der Waals surface area contributed by atoms with Crippen LogP contribution in [0.3, 0.4) is 0 Å². The average Bonchev–Trinajstić information content (AvgIpc) is 2.36. The van der Waals surface area contributed by atoms with E-state index in [1.807, 2.05) is 19.1 Å². The van der Waals surface area contributed by atoms with Crippen LogP contribution in [-0.4, -0.2) is 35.7 Å². The molecular formula is C14H21NO4. The second-order valence-corrected chi connectivity index (χ2v) is 5.25. The van der Waals surface area contributed by atoms with E-state index < -0.39 is 17.8 Å². The second kappa shape index (κ2) is 6.19. The molecule has 0 aliphatic heterocycles. The summed E-state index contributed by atoms with van der Waals surface area (Å²) in [6, 6.07) is 0.143. The largest absolute Gasteiger partial charge is 0.481 e. The van der Waals surface area contributed by atoms with Crippen molar-refractivity contribution in [3.05, 3.63) is 12.2 Å². The number of allylic oxidation sites excluding steroid dienone is 2. The summed E-state index contributed by atoms with van der Waals surface area (Å²) >= 11 is 0. The predicted molar refractivity (Wildman–Crippen MR) is 69.6 cm³/mol. The molecule has 1 fully saturated rings. The molecule has 2 N–H and O–H groups in total. The Morgan fingerprint density at radius 1 is 1.26 bits per heavy atom. The molecular weight excluding hydrogens is 246 g/mol. The maximum Gasteiger partial charge on any atom is 0.307 e. The number of carboxylic acids is 1. The third-order valence-electron chi connectivity index (χ3n) is 3.93. The first-order chi connectivity index (χ1) is 9.11. The van der Waals surface area contributed by atoms with Crippen LogP contribution in [0.5, 0.6) is 0 Å². The molecule has 2 aliphatic carbocycles. The second-order valence-electron chi connectivity index (χ2n) is 5.25. The van der Waals surface area contributed by atoms with Gasteiger partial charge in [0.2, 0.25) is 5.91 Å². The van der Waals surface area contributed by atoms with Gasteiger partial charge in [0.1, 0.15) is 0 Å². The lowest BCUT2D eigenvalue weighted by atomic mass is 9.81. The molecule has 2 atom stereocenters. The summed E-state index contributed by atoms with van der Waals surface area (Å²) in [7, 11) is 0. The first-order valence-corrected chi connectivity index (χ1v) is 6.91. The molecule has 0 aromatic heterocycles. The number of carbonyl (C=O) groups excluding carboxylic acids is 1. The molecule has 2 rings (SSSR count). The van der Waals surface area contributed by atoms with E-state index in [1.165, 1.54) is 0 Å². The molecule has 5 heteroatoms. The smallest absolute Gasteiger partial charge is 0.307 e. The van der Waals surface area contributed by atoms with E-state index >= 15 is 0 Å². The van der Waals surface area contributed by atoms with Crippen LogP contribution < -0.4 is 5.32 Å². The van der Waals surface area contributed by atoms with Crippen LogP contribution in [0.1, 0.15) is 32.6 Å². The van der Waals surface area contributed by atoms with E-state index in [-0.39, 0.29) is 18.1 Å². The number of aliphatic carboxylic acids is 1. The van der Waals surface area contributed by atoms with E-state index in [2.05, 4.69) is 5.32 Å². The van der Waals surface area contributed by atoms with Gasteiger partial charge in [0.25, 0.3) is 0 Å². The Morgan fingerprint density at radius 3 is 2.47 bits per heavy atom. The summed E-state index contributed by atoms with van der Waals surface area (Å²) in [4.78, 5) is 23.3. The molecule has 0 heterocycles. The van der Waals surface area contributed by atoms with E-state index in [9.17, 15) is 9.59 Å². The van der Waals surface area contributed by atoms with E-state index in [0.717, 1.165) is 12.8 Å². The Kier molecular flexibility index (Phi) is 4.58. The van der Waals surface area contributed by atoms with Crippen LogP contribution in [0.15, 0.2) is 12.2 Å². The van der Waals surface area contributed by atoms with Gasteiger partial charge >= 0.3 is 5.97 Å². The summed E-state index contributed by atoms with van der Waals surface area (Å²) in [5, 5.41) is 12.1. The third-order valence-corrected chi connectivity index (χ3v) is 3.93. The summed E-state index contributed by atoms with van der Waals surface area (Å²) in [6.45, 7) is 2.65. The van der Waals surface area contributed by atoms with Crippen LogP contribution in [-0.2, 0) is 14.3 Å². The molecule has 0 saturated heterocycles.